The van der Waals surface area contributed by atoms with Crippen molar-refractivity contribution in [1.29, 1.82) is 0 Å². The van der Waals surface area contributed by atoms with Gasteiger partial charge in [-0.2, -0.15) is 0 Å². The third kappa shape index (κ3) is 3.83. The number of thiophene rings is 1. The molecule has 6 nitrogen and oxygen atoms in total. The molecule has 0 bridgehead atoms. The molecule has 0 fully saturated rings. The lowest BCUT2D eigenvalue weighted by molar-refractivity contribution is 0.103. The molecule has 0 aliphatic carbocycles. The van der Waals surface area contributed by atoms with Crippen LogP contribution in [0.15, 0.2) is 53.9 Å². The van der Waals surface area contributed by atoms with Crippen molar-refractivity contribution in [3.8, 4) is 5.75 Å². The Bertz CT molecular complexity index is 788. The minimum absolute atomic E-state index is 0.192. The van der Waals surface area contributed by atoms with Crippen LogP contribution in [0.2, 0.25) is 0 Å². The molecule has 0 spiro atoms. The SMILES string of the molecule is COc1cccc(Nc2ccc(NC(=O)c3cccs3)nn2)c1. The van der Waals surface area contributed by atoms with E-state index >= 15 is 0 Å². The second-order valence-corrected chi connectivity index (χ2v) is 5.54. The van der Waals surface area contributed by atoms with Crippen molar-refractivity contribution in [2.75, 3.05) is 17.7 Å². The Morgan fingerprint density at radius 1 is 1.09 bits per heavy atom. The number of ether oxygens (including phenoxy) is 1. The molecule has 1 aromatic carbocycles. The third-order valence-electron chi connectivity index (χ3n) is 2.99. The maximum absolute atomic E-state index is 11.9. The number of rotatable bonds is 5. The van der Waals surface area contributed by atoms with E-state index < -0.39 is 0 Å². The van der Waals surface area contributed by atoms with E-state index in [9.17, 15) is 4.79 Å². The van der Waals surface area contributed by atoms with Crippen molar-refractivity contribution in [2.24, 2.45) is 0 Å². The molecule has 3 rings (SSSR count). The van der Waals surface area contributed by atoms with Crippen LogP contribution in [0.25, 0.3) is 0 Å². The first kappa shape index (κ1) is 15.0. The van der Waals surface area contributed by atoms with E-state index in [0.717, 1.165) is 11.4 Å². The van der Waals surface area contributed by atoms with Gasteiger partial charge in [0.15, 0.2) is 11.6 Å². The molecule has 0 aliphatic heterocycles. The highest BCUT2D eigenvalue weighted by Gasteiger charge is 2.08. The highest BCUT2D eigenvalue weighted by Crippen LogP contribution is 2.20. The van der Waals surface area contributed by atoms with E-state index in [1.165, 1.54) is 11.3 Å². The number of amides is 1. The zero-order valence-corrected chi connectivity index (χ0v) is 13.1. The van der Waals surface area contributed by atoms with Crippen LogP contribution in [-0.2, 0) is 0 Å². The number of benzene rings is 1. The molecule has 7 heteroatoms. The van der Waals surface area contributed by atoms with Crippen LogP contribution in [0, 0.1) is 0 Å². The minimum Gasteiger partial charge on any atom is -0.497 e. The molecule has 0 saturated carbocycles. The van der Waals surface area contributed by atoms with Crippen molar-refractivity contribution >= 4 is 34.6 Å². The average Bonchev–Trinajstić information content (AvgIpc) is 3.11. The second kappa shape index (κ2) is 6.89. The summed E-state index contributed by atoms with van der Waals surface area (Å²) in [6.45, 7) is 0. The number of anilines is 3. The number of carbonyl (C=O) groups excluding carboxylic acids is 1. The lowest BCUT2D eigenvalue weighted by Gasteiger charge is -2.07. The van der Waals surface area contributed by atoms with Gasteiger partial charge in [0.25, 0.3) is 5.91 Å². The zero-order chi connectivity index (χ0) is 16.1. The van der Waals surface area contributed by atoms with Gasteiger partial charge >= 0.3 is 0 Å². The zero-order valence-electron chi connectivity index (χ0n) is 12.3. The normalized spacial score (nSPS) is 10.1. The Kier molecular flexibility index (Phi) is 4.49. The summed E-state index contributed by atoms with van der Waals surface area (Å²) in [5.74, 6) is 1.54. The van der Waals surface area contributed by atoms with E-state index in [0.29, 0.717) is 16.5 Å². The van der Waals surface area contributed by atoms with Crippen LogP contribution in [-0.4, -0.2) is 23.2 Å². The van der Waals surface area contributed by atoms with E-state index in [2.05, 4.69) is 20.8 Å². The fraction of sp³-hybridized carbons (Fsp3) is 0.0625. The predicted octanol–water partition coefficient (Wildman–Crippen LogP) is 3.54. The van der Waals surface area contributed by atoms with Crippen LogP contribution >= 0.6 is 11.3 Å². The average molecular weight is 326 g/mol. The van der Waals surface area contributed by atoms with Gasteiger partial charge in [-0.1, -0.05) is 12.1 Å². The Morgan fingerprint density at radius 3 is 2.61 bits per heavy atom. The molecule has 0 radical (unpaired) electrons. The molecule has 0 unspecified atom stereocenters. The smallest absolute Gasteiger partial charge is 0.266 e. The topological polar surface area (TPSA) is 76.1 Å². The maximum Gasteiger partial charge on any atom is 0.266 e. The number of nitrogens with one attached hydrogen (secondary N) is 2. The van der Waals surface area contributed by atoms with Gasteiger partial charge in [-0.05, 0) is 35.7 Å². The molecule has 0 saturated heterocycles. The lowest BCUT2D eigenvalue weighted by atomic mass is 10.3. The summed E-state index contributed by atoms with van der Waals surface area (Å²) in [4.78, 5) is 12.6. The summed E-state index contributed by atoms with van der Waals surface area (Å²) in [6.07, 6.45) is 0. The number of nitrogens with zero attached hydrogens (tertiary/aromatic N) is 2. The molecule has 0 atom stereocenters. The molecule has 23 heavy (non-hydrogen) atoms. The highest BCUT2D eigenvalue weighted by molar-refractivity contribution is 7.12. The summed E-state index contributed by atoms with van der Waals surface area (Å²) in [7, 11) is 1.62. The van der Waals surface area contributed by atoms with Crippen molar-refractivity contribution in [2.45, 2.75) is 0 Å². The summed E-state index contributed by atoms with van der Waals surface area (Å²) in [5, 5.41) is 15.7. The molecule has 2 aromatic heterocycles. The van der Waals surface area contributed by atoms with E-state index in [4.69, 9.17) is 4.74 Å². The van der Waals surface area contributed by atoms with Gasteiger partial charge in [0, 0.05) is 11.8 Å². The fourth-order valence-electron chi connectivity index (χ4n) is 1.90. The maximum atomic E-state index is 11.9. The number of hydrogen-bond donors (Lipinski definition) is 2. The highest BCUT2D eigenvalue weighted by atomic mass is 32.1. The number of methoxy groups -OCH3 is 1. The Hall–Kier alpha value is -2.93. The number of aromatic nitrogens is 2. The Balaban J connectivity index is 1.66. The summed E-state index contributed by atoms with van der Waals surface area (Å²) < 4.78 is 5.17. The van der Waals surface area contributed by atoms with Gasteiger partial charge in [0.2, 0.25) is 0 Å². The van der Waals surface area contributed by atoms with E-state index in [-0.39, 0.29) is 5.91 Å². The quantitative estimate of drug-likeness (QED) is 0.750. The van der Waals surface area contributed by atoms with Gasteiger partial charge in [0.05, 0.1) is 12.0 Å². The lowest BCUT2D eigenvalue weighted by Crippen LogP contribution is -2.12. The standard InChI is InChI=1S/C16H14N4O2S/c1-22-12-5-2-4-11(10-12)17-14-7-8-15(20-19-14)18-16(21)13-6-3-9-23-13/h2-10H,1H3,(H,17,19)(H,18,20,21). The van der Waals surface area contributed by atoms with Gasteiger partial charge in [-0.3, -0.25) is 4.79 Å². The molecule has 2 heterocycles. The van der Waals surface area contributed by atoms with Gasteiger partial charge in [-0.25, -0.2) is 0 Å². The van der Waals surface area contributed by atoms with Crippen LogP contribution < -0.4 is 15.4 Å². The van der Waals surface area contributed by atoms with Crippen molar-refractivity contribution in [1.82, 2.24) is 10.2 Å². The number of carbonyl (C=O) groups is 1. The summed E-state index contributed by atoms with van der Waals surface area (Å²) >= 11 is 1.37. The van der Waals surface area contributed by atoms with E-state index in [1.54, 1.807) is 25.3 Å². The first-order chi connectivity index (χ1) is 11.2. The Labute approximate surface area is 137 Å². The monoisotopic (exact) mass is 326 g/mol. The molecule has 116 valence electrons. The first-order valence-electron chi connectivity index (χ1n) is 6.84. The van der Waals surface area contributed by atoms with Crippen molar-refractivity contribution in [3.63, 3.8) is 0 Å². The summed E-state index contributed by atoms with van der Waals surface area (Å²) in [5.41, 5.74) is 0.842. The molecule has 2 N–H and O–H groups in total. The van der Waals surface area contributed by atoms with Crippen LogP contribution in [0.4, 0.5) is 17.3 Å². The minimum atomic E-state index is -0.192. The molecular weight excluding hydrogens is 312 g/mol. The van der Waals surface area contributed by atoms with E-state index in [1.807, 2.05) is 35.7 Å². The molecular formula is C16H14N4O2S. The molecule has 3 aromatic rings. The number of hydrogen-bond acceptors (Lipinski definition) is 6. The van der Waals surface area contributed by atoms with Crippen LogP contribution in [0.3, 0.4) is 0 Å². The summed E-state index contributed by atoms with van der Waals surface area (Å²) in [6, 6.07) is 14.5. The largest absolute Gasteiger partial charge is 0.497 e. The Morgan fingerprint density at radius 2 is 1.91 bits per heavy atom. The van der Waals surface area contributed by atoms with Gasteiger partial charge in [0.1, 0.15) is 5.75 Å². The predicted molar refractivity (Wildman–Crippen MR) is 90.6 cm³/mol. The fourth-order valence-corrected chi connectivity index (χ4v) is 2.52. The van der Waals surface area contributed by atoms with Crippen molar-refractivity contribution in [3.05, 3.63) is 58.8 Å². The first-order valence-corrected chi connectivity index (χ1v) is 7.72. The van der Waals surface area contributed by atoms with Crippen molar-refractivity contribution < 1.29 is 9.53 Å². The van der Waals surface area contributed by atoms with Gasteiger partial charge < -0.3 is 15.4 Å². The molecule has 0 aliphatic rings. The van der Waals surface area contributed by atoms with Crippen LogP contribution in [0.5, 0.6) is 5.75 Å². The second-order valence-electron chi connectivity index (χ2n) is 4.59. The molecule has 1 amide bonds. The van der Waals surface area contributed by atoms with Gasteiger partial charge in [-0.15, -0.1) is 21.5 Å². The third-order valence-corrected chi connectivity index (χ3v) is 3.86. The van der Waals surface area contributed by atoms with Crippen LogP contribution in [0.1, 0.15) is 9.67 Å².